The van der Waals surface area contributed by atoms with Crippen molar-refractivity contribution in [2.45, 2.75) is 71.0 Å². The van der Waals surface area contributed by atoms with Crippen LogP contribution in [0.25, 0.3) is 11.1 Å². The number of benzene rings is 1. The molecule has 1 saturated carbocycles. The fraction of sp³-hybridized carbons (Fsp3) is 0.500. The van der Waals surface area contributed by atoms with Crippen LogP contribution in [-0.2, 0) is 25.5 Å². The van der Waals surface area contributed by atoms with Crippen molar-refractivity contribution in [3.63, 3.8) is 0 Å². The molecule has 0 saturated heterocycles. The highest BCUT2D eigenvalue weighted by atomic mass is 16.6. The molecule has 1 heterocycles. The minimum absolute atomic E-state index is 0.0166. The maximum Gasteiger partial charge on any atom is 0.302 e. The number of anilines is 1. The molecule has 0 aliphatic heterocycles. The average molecular weight is 523 g/mol. The van der Waals surface area contributed by atoms with Gasteiger partial charge in [-0.1, -0.05) is 18.6 Å². The Morgan fingerprint density at radius 1 is 1.13 bits per heavy atom. The third-order valence-electron chi connectivity index (χ3n) is 7.71. The number of nitrogens with two attached hydrogens (primary N) is 1. The van der Waals surface area contributed by atoms with E-state index in [4.69, 9.17) is 19.9 Å². The Hall–Kier alpha value is -3.55. The number of allylic oxidation sites excluding steroid dienone is 1. The quantitative estimate of drug-likeness (QED) is 0.322. The standard InChI is InChI=1S/C30H38N2O6/c1-18(33)37-24(16-28(38-19(2)34)25-10-7-20-5-4-6-21(25)13-20)9-8-22-14-29(36-3)27(35)17-26(22)23-11-12-32-30(31)15-23/h7,10-12,14-15,17,20-21,24-25,28,35H,4-6,8-9,13,16H2,1-3H3,(H2,31,32)/t20-,21-,24+,25+,28+/m0/s1. The average Bonchev–Trinajstić information content (AvgIpc) is 2.87. The number of phenols is 1. The summed E-state index contributed by atoms with van der Waals surface area (Å²) in [5.74, 6) is 1.22. The van der Waals surface area contributed by atoms with E-state index < -0.39 is 6.10 Å². The van der Waals surface area contributed by atoms with Crippen molar-refractivity contribution in [2.24, 2.45) is 17.8 Å². The fourth-order valence-corrected chi connectivity index (χ4v) is 6.06. The number of rotatable bonds is 10. The number of hydrogen-bond donors (Lipinski definition) is 2. The first kappa shape index (κ1) is 27.5. The second kappa shape index (κ2) is 12.3. The van der Waals surface area contributed by atoms with E-state index in [-0.39, 0.29) is 29.7 Å². The molecule has 0 spiro atoms. The van der Waals surface area contributed by atoms with E-state index in [1.165, 1.54) is 33.8 Å². The summed E-state index contributed by atoms with van der Waals surface area (Å²) in [4.78, 5) is 28.2. The molecule has 204 valence electrons. The van der Waals surface area contributed by atoms with Crippen LogP contribution in [0, 0.1) is 17.8 Å². The lowest BCUT2D eigenvalue weighted by molar-refractivity contribution is -0.156. The van der Waals surface area contributed by atoms with Crippen molar-refractivity contribution in [1.29, 1.82) is 0 Å². The molecule has 4 rings (SSSR count). The van der Waals surface area contributed by atoms with Crippen molar-refractivity contribution in [2.75, 3.05) is 12.8 Å². The lowest BCUT2D eigenvalue weighted by Gasteiger charge is -2.40. The summed E-state index contributed by atoms with van der Waals surface area (Å²) in [6, 6.07) is 7.02. The number of aromatic hydroxyl groups is 1. The topological polar surface area (TPSA) is 121 Å². The van der Waals surface area contributed by atoms with Gasteiger partial charge in [0.15, 0.2) is 11.5 Å². The van der Waals surface area contributed by atoms with Gasteiger partial charge < -0.3 is 25.1 Å². The van der Waals surface area contributed by atoms with Crippen LogP contribution in [0.2, 0.25) is 0 Å². The minimum atomic E-state index is -0.457. The summed E-state index contributed by atoms with van der Waals surface area (Å²) in [5.41, 5.74) is 8.42. The zero-order valence-electron chi connectivity index (χ0n) is 22.4. The van der Waals surface area contributed by atoms with Gasteiger partial charge in [0.25, 0.3) is 0 Å². The molecule has 8 heteroatoms. The summed E-state index contributed by atoms with van der Waals surface area (Å²) in [5, 5.41) is 10.5. The lowest BCUT2D eigenvalue weighted by atomic mass is 9.68. The van der Waals surface area contributed by atoms with Gasteiger partial charge in [-0.2, -0.15) is 0 Å². The highest BCUT2D eigenvalue weighted by Crippen LogP contribution is 2.42. The SMILES string of the molecule is COc1cc(CC[C@H](C[C@@H](OC(C)=O)[C@@H]2C=C[C@@H]3CCC[C@H]2C3)OC(C)=O)c(-c2ccnc(N)c2)cc1O. The van der Waals surface area contributed by atoms with E-state index in [9.17, 15) is 14.7 Å². The largest absolute Gasteiger partial charge is 0.504 e. The third-order valence-corrected chi connectivity index (χ3v) is 7.71. The summed E-state index contributed by atoms with van der Waals surface area (Å²) in [6.45, 7) is 2.83. The molecule has 0 amide bonds. The van der Waals surface area contributed by atoms with E-state index >= 15 is 0 Å². The van der Waals surface area contributed by atoms with Crippen LogP contribution in [-0.4, -0.2) is 41.3 Å². The van der Waals surface area contributed by atoms with Crippen molar-refractivity contribution < 1.29 is 28.9 Å². The summed E-state index contributed by atoms with van der Waals surface area (Å²) >= 11 is 0. The smallest absolute Gasteiger partial charge is 0.302 e. The summed E-state index contributed by atoms with van der Waals surface area (Å²) in [7, 11) is 1.50. The highest BCUT2D eigenvalue weighted by Gasteiger charge is 2.37. The Balaban J connectivity index is 1.58. The monoisotopic (exact) mass is 522 g/mol. The van der Waals surface area contributed by atoms with Crippen LogP contribution in [0.1, 0.15) is 57.9 Å². The molecular weight excluding hydrogens is 484 g/mol. The number of hydrogen-bond acceptors (Lipinski definition) is 8. The van der Waals surface area contributed by atoms with Gasteiger partial charge in [0.2, 0.25) is 0 Å². The maximum atomic E-state index is 12.1. The van der Waals surface area contributed by atoms with Crippen LogP contribution in [0.5, 0.6) is 11.5 Å². The van der Waals surface area contributed by atoms with Crippen LogP contribution < -0.4 is 10.5 Å². The second-order valence-corrected chi connectivity index (χ2v) is 10.5. The molecule has 8 nitrogen and oxygen atoms in total. The third kappa shape index (κ3) is 6.85. The van der Waals surface area contributed by atoms with E-state index in [1.807, 2.05) is 6.07 Å². The number of aromatic nitrogens is 1. The number of aryl methyl sites for hydroxylation is 1. The van der Waals surface area contributed by atoms with Crippen LogP contribution >= 0.6 is 0 Å². The van der Waals surface area contributed by atoms with Crippen LogP contribution in [0.15, 0.2) is 42.6 Å². The molecule has 1 aromatic heterocycles. The van der Waals surface area contributed by atoms with Crippen LogP contribution in [0.4, 0.5) is 5.82 Å². The van der Waals surface area contributed by atoms with Gasteiger partial charge in [0.05, 0.1) is 7.11 Å². The molecule has 2 aliphatic rings. The predicted octanol–water partition coefficient (Wildman–Crippen LogP) is 5.22. The molecule has 38 heavy (non-hydrogen) atoms. The van der Waals surface area contributed by atoms with Crippen molar-refractivity contribution in [3.05, 3.63) is 48.2 Å². The molecule has 1 aromatic carbocycles. The normalized spacial score (nSPS) is 21.8. The van der Waals surface area contributed by atoms with Gasteiger partial charge in [-0.25, -0.2) is 4.98 Å². The number of ether oxygens (including phenoxy) is 3. The number of methoxy groups -OCH3 is 1. The number of nitrogen functional groups attached to an aromatic ring is 1. The fourth-order valence-electron chi connectivity index (χ4n) is 6.06. The number of carbonyl (C=O) groups excluding carboxylic acids is 2. The Bertz CT molecular complexity index is 1180. The highest BCUT2D eigenvalue weighted by molar-refractivity contribution is 5.72. The molecule has 1 fully saturated rings. The molecular formula is C30H38N2O6. The maximum absolute atomic E-state index is 12.1. The van der Waals surface area contributed by atoms with Gasteiger partial charge >= 0.3 is 11.9 Å². The summed E-state index contributed by atoms with van der Waals surface area (Å²) in [6.07, 6.45) is 11.4. The number of esters is 2. The number of fused-ring (bicyclic) bond motifs is 2. The van der Waals surface area contributed by atoms with Gasteiger partial charge in [0.1, 0.15) is 18.0 Å². The lowest BCUT2D eigenvalue weighted by Crippen LogP contribution is -2.38. The van der Waals surface area contributed by atoms with E-state index in [1.54, 1.807) is 24.4 Å². The molecule has 0 radical (unpaired) electrons. The minimum Gasteiger partial charge on any atom is -0.504 e. The van der Waals surface area contributed by atoms with Crippen LogP contribution in [0.3, 0.4) is 0 Å². The molecule has 0 unspecified atom stereocenters. The van der Waals surface area contributed by atoms with E-state index in [0.29, 0.717) is 42.7 Å². The number of nitrogens with zero attached hydrogens (tertiary/aromatic N) is 1. The first-order valence-corrected chi connectivity index (χ1v) is 13.4. The Morgan fingerprint density at radius 2 is 1.92 bits per heavy atom. The van der Waals surface area contributed by atoms with Gasteiger partial charge in [-0.05, 0) is 84.9 Å². The number of carbonyl (C=O) groups is 2. The number of pyridine rings is 1. The molecule has 2 aliphatic carbocycles. The van der Waals surface area contributed by atoms with E-state index in [0.717, 1.165) is 29.5 Å². The van der Waals surface area contributed by atoms with Gasteiger partial charge in [-0.3, -0.25) is 9.59 Å². The second-order valence-electron chi connectivity index (χ2n) is 10.5. The first-order valence-electron chi connectivity index (χ1n) is 13.4. The molecule has 3 N–H and O–H groups in total. The first-order chi connectivity index (χ1) is 18.2. The van der Waals surface area contributed by atoms with Gasteiger partial charge in [0, 0.05) is 32.4 Å². The van der Waals surface area contributed by atoms with Crippen molar-refractivity contribution in [3.8, 4) is 22.6 Å². The summed E-state index contributed by atoms with van der Waals surface area (Å²) < 4.78 is 17.0. The Kier molecular flexibility index (Phi) is 8.92. The van der Waals surface area contributed by atoms with Crippen molar-refractivity contribution in [1.82, 2.24) is 4.98 Å². The van der Waals surface area contributed by atoms with Crippen molar-refractivity contribution >= 4 is 17.8 Å². The zero-order chi connectivity index (χ0) is 27.2. The zero-order valence-corrected chi connectivity index (χ0v) is 22.4. The molecule has 2 aromatic rings. The number of phenolic OH excluding ortho intramolecular Hbond substituents is 1. The van der Waals surface area contributed by atoms with Gasteiger partial charge in [-0.15, -0.1) is 0 Å². The Labute approximate surface area is 224 Å². The molecule has 5 atom stereocenters. The predicted molar refractivity (Wildman–Crippen MR) is 144 cm³/mol. The molecule has 2 bridgehead atoms. The van der Waals surface area contributed by atoms with E-state index in [2.05, 4.69) is 17.1 Å². The Morgan fingerprint density at radius 3 is 2.63 bits per heavy atom.